The minimum absolute atomic E-state index is 0.118. The highest BCUT2D eigenvalue weighted by atomic mass is 32.2. The van der Waals surface area contributed by atoms with Crippen LogP contribution in [0.15, 0.2) is 81.4 Å². The van der Waals surface area contributed by atoms with Gasteiger partial charge in [-0.3, -0.25) is 4.79 Å². The van der Waals surface area contributed by atoms with Crippen LogP contribution in [0.5, 0.6) is 11.5 Å². The SMILES string of the molecule is COc1ccc(C(=O)N2CCC(NS(=O)(=O)c3cc(S(=O)(=O)c4ccccc4)ccc3C(F)(F)F)CC2)c(OC)c1. The monoisotopic (exact) mass is 612 g/mol. The summed E-state index contributed by atoms with van der Waals surface area (Å²) in [6.07, 6.45) is -4.83. The Hall–Kier alpha value is -3.62. The van der Waals surface area contributed by atoms with Crippen LogP contribution in [-0.2, 0) is 26.0 Å². The lowest BCUT2D eigenvalue weighted by atomic mass is 10.0. The van der Waals surface area contributed by atoms with Crippen LogP contribution in [-0.4, -0.2) is 61.0 Å². The number of carbonyl (C=O) groups excluding carboxylic acids is 1. The van der Waals surface area contributed by atoms with Crippen LogP contribution in [0.1, 0.15) is 28.8 Å². The Kier molecular flexibility index (Phi) is 8.66. The molecule has 9 nitrogen and oxygen atoms in total. The minimum Gasteiger partial charge on any atom is -0.497 e. The average molecular weight is 613 g/mol. The van der Waals surface area contributed by atoms with Gasteiger partial charge in [-0.25, -0.2) is 21.6 Å². The molecule has 220 valence electrons. The van der Waals surface area contributed by atoms with Crippen LogP contribution in [0.2, 0.25) is 0 Å². The number of sulfonamides is 1. The average Bonchev–Trinajstić information content (AvgIpc) is 2.96. The molecule has 1 fully saturated rings. The van der Waals surface area contributed by atoms with Crippen LogP contribution in [0.25, 0.3) is 0 Å². The van der Waals surface area contributed by atoms with Gasteiger partial charge in [-0.05, 0) is 55.3 Å². The zero-order valence-corrected chi connectivity index (χ0v) is 23.6. The molecule has 1 N–H and O–H groups in total. The Labute approximate surface area is 235 Å². The van der Waals surface area contributed by atoms with Gasteiger partial charge < -0.3 is 14.4 Å². The molecular weight excluding hydrogens is 585 g/mol. The molecule has 14 heteroatoms. The first-order chi connectivity index (χ1) is 19.3. The molecule has 0 atom stereocenters. The maximum atomic E-state index is 13.8. The van der Waals surface area contributed by atoms with Gasteiger partial charge in [0.05, 0.1) is 40.0 Å². The molecular formula is C27H27F3N2O7S2. The number of carbonyl (C=O) groups is 1. The van der Waals surface area contributed by atoms with E-state index in [9.17, 15) is 34.8 Å². The first-order valence-electron chi connectivity index (χ1n) is 12.3. The molecule has 41 heavy (non-hydrogen) atoms. The third-order valence-electron chi connectivity index (χ3n) is 6.65. The number of piperidine rings is 1. The number of benzene rings is 3. The summed E-state index contributed by atoms with van der Waals surface area (Å²) in [6.45, 7) is 0.242. The van der Waals surface area contributed by atoms with Gasteiger partial charge in [-0.1, -0.05) is 18.2 Å². The maximum Gasteiger partial charge on any atom is 0.417 e. The normalized spacial score (nSPS) is 15.0. The zero-order valence-electron chi connectivity index (χ0n) is 22.0. The van der Waals surface area contributed by atoms with Gasteiger partial charge in [-0.2, -0.15) is 13.2 Å². The number of hydrogen-bond acceptors (Lipinski definition) is 7. The number of hydrogen-bond donors (Lipinski definition) is 1. The highest BCUT2D eigenvalue weighted by Gasteiger charge is 2.39. The van der Waals surface area contributed by atoms with E-state index in [1.807, 2.05) is 0 Å². The van der Waals surface area contributed by atoms with E-state index in [-0.39, 0.29) is 42.3 Å². The van der Waals surface area contributed by atoms with Gasteiger partial charge >= 0.3 is 6.18 Å². The van der Waals surface area contributed by atoms with Crippen LogP contribution in [0.3, 0.4) is 0 Å². The van der Waals surface area contributed by atoms with E-state index < -0.39 is 47.4 Å². The highest BCUT2D eigenvalue weighted by Crippen LogP contribution is 2.37. The van der Waals surface area contributed by atoms with E-state index in [1.54, 1.807) is 24.3 Å². The second-order valence-corrected chi connectivity index (χ2v) is 12.9. The smallest absolute Gasteiger partial charge is 0.417 e. The van der Waals surface area contributed by atoms with E-state index in [2.05, 4.69) is 4.72 Å². The standard InChI is InChI=1S/C27H27F3N2O7S2/c1-38-19-8-10-22(24(16-19)39-2)26(33)32-14-12-18(13-15-32)31-41(36,37)25-17-21(9-11-23(25)27(28,29)30)40(34,35)20-6-4-3-5-7-20/h3-11,16-18,31H,12-15H2,1-2H3. The van der Waals surface area contributed by atoms with Gasteiger partial charge in [-0.15, -0.1) is 0 Å². The zero-order chi connectivity index (χ0) is 30.0. The predicted molar refractivity (Wildman–Crippen MR) is 142 cm³/mol. The van der Waals surface area contributed by atoms with Gasteiger partial charge in [0, 0.05) is 25.2 Å². The second kappa shape index (κ2) is 11.7. The summed E-state index contributed by atoms with van der Waals surface area (Å²) >= 11 is 0. The minimum atomic E-state index is -5.06. The van der Waals surface area contributed by atoms with E-state index in [0.717, 1.165) is 6.07 Å². The summed E-state index contributed by atoms with van der Waals surface area (Å²) in [7, 11) is -6.24. The van der Waals surface area contributed by atoms with Crippen LogP contribution in [0, 0.1) is 0 Å². The predicted octanol–water partition coefficient (Wildman–Crippen LogP) is 4.14. The van der Waals surface area contributed by atoms with Gasteiger partial charge in [0.15, 0.2) is 0 Å². The van der Waals surface area contributed by atoms with Crippen molar-refractivity contribution in [3.63, 3.8) is 0 Å². The first-order valence-corrected chi connectivity index (χ1v) is 15.3. The molecule has 3 aromatic carbocycles. The van der Waals surface area contributed by atoms with E-state index in [4.69, 9.17) is 9.47 Å². The van der Waals surface area contributed by atoms with Crippen LogP contribution < -0.4 is 14.2 Å². The highest BCUT2D eigenvalue weighted by molar-refractivity contribution is 7.91. The Bertz CT molecular complexity index is 1640. The fraction of sp³-hybridized carbons (Fsp3) is 0.296. The third-order valence-corrected chi connectivity index (χ3v) is 9.98. The Morgan fingerprint density at radius 1 is 0.878 bits per heavy atom. The molecule has 0 radical (unpaired) electrons. The Morgan fingerprint density at radius 2 is 1.54 bits per heavy atom. The van der Waals surface area contributed by atoms with Crippen molar-refractivity contribution in [2.75, 3.05) is 27.3 Å². The lowest BCUT2D eigenvalue weighted by Crippen LogP contribution is -2.46. The fourth-order valence-electron chi connectivity index (χ4n) is 4.49. The van der Waals surface area contributed by atoms with Crippen molar-refractivity contribution < 1.29 is 44.3 Å². The number of rotatable bonds is 8. The summed E-state index contributed by atoms with van der Waals surface area (Å²) in [5.41, 5.74) is -1.21. The molecule has 1 heterocycles. The third kappa shape index (κ3) is 6.49. The van der Waals surface area contributed by atoms with Crippen LogP contribution in [0.4, 0.5) is 13.2 Å². The van der Waals surface area contributed by atoms with E-state index in [0.29, 0.717) is 23.6 Å². The quantitative estimate of drug-likeness (QED) is 0.406. The van der Waals surface area contributed by atoms with Gasteiger partial charge in [0.25, 0.3) is 5.91 Å². The van der Waals surface area contributed by atoms with Crippen molar-refractivity contribution in [1.29, 1.82) is 0 Å². The lowest BCUT2D eigenvalue weighted by Gasteiger charge is -2.32. The Morgan fingerprint density at radius 3 is 2.12 bits per heavy atom. The van der Waals surface area contributed by atoms with Crippen molar-refractivity contribution >= 4 is 25.8 Å². The summed E-state index contributed by atoms with van der Waals surface area (Å²) in [5.74, 6) is 0.427. The molecule has 0 spiro atoms. The second-order valence-electron chi connectivity index (χ2n) is 9.23. The van der Waals surface area contributed by atoms with Crippen LogP contribution >= 0.6 is 0 Å². The van der Waals surface area contributed by atoms with Crippen molar-refractivity contribution in [3.05, 3.63) is 77.9 Å². The maximum absolute atomic E-state index is 13.8. The number of nitrogens with one attached hydrogen (secondary N) is 1. The first kappa shape index (κ1) is 30.3. The fourth-order valence-corrected chi connectivity index (χ4v) is 7.43. The molecule has 0 unspecified atom stereocenters. The summed E-state index contributed by atoms with van der Waals surface area (Å²) in [6, 6.07) is 12.6. The Balaban J connectivity index is 1.55. The molecule has 0 bridgehead atoms. The number of likely N-dealkylation sites (tertiary alicyclic amines) is 1. The molecule has 1 amide bonds. The summed E-state index contributed by atoms with van der Waals surface area (Å²) in [4.78, 5) is 12.6. The molecule has 0 aliphatic carbocycles. The van der Waals surface area contributed by atoms with Crippen molar-refractivity contribution in [2.24, 2.45) is 0 Å². The molecule has 3 aromatic rings. The van der Waals surface area contributed by atoms with Gasteiger partial charge in [0.2, 0.25) is 19.9 Å². The molecule has 0 aromatic heterocycles. The summed E-state index contributed by atoms with van der Waals surface area (Å²) < 4.78 is 107. The van der Waals surface area contributed by atoms with E-state index in [1.165, 1.54) is 43.4 Å². The molecule has 1 aliphatic heterocycles. The molecule has 4 rings (SSSR count). The summed E-state index contributed by atoms with van der Waals surface area (Å²) in [5, 5.41) is 0. The molecule has 0 saturated carbocycles. The van der Waals surface area contributed by atoms with E-state index >= 15 is 0 Å². The lowest BCUT2D eigenvalue weighted by molar-refractivity contribution is -0.140. The van der Waals surface area contributed by atoms with Crippen molar-refractivity contribution in [1.82, 2.24) is 9.62 Å². The number of alkyl halides is 3. The molecule has 1 saturated heterocycles. The number of sulfone groups is 1. The number of methoxy groups -OCH3 is 2. The van der Waals surface area contributed by atoms with Crippen molar-refractivity contribution in [3.8, 4) is 11.5 Å². The largest absolute Gasteiger partial charge is 0.497 e. The number of ether oxygens (including phenoxy) is 2. The number of halogens is 3. The van der Waals surface area contributed by atoms with Crippen molar-refractivity contribution in [2.45, 2.75) is 39.7 Å². The number of nitrogens with zero attached hydrogens (tertiary/aromatic N) is 1. The number of amides is 1. The topological polar surface area (TPSA) is 119 Å². The van der Waals surface area contributed by atoms with Gasteiger partial charge in [0.1, 0.15) is 11.5 Å². The molecule has 1 aliphatic rings.